The van der Waals surface area contributed by atoms with Crippen LogP contribution in [0.15, 0.2) is 0 Å². The predicted molar refractivity (Wildman–Crippen MR) is 95.6 cm³/mol. The van der Waals surface area contributed by atoms with Gasteiger partial charge in [-0.2, -0.15) is 0 Å². The molecule has 0 rings (SSSR count). The molecule has 25 heavy (non-hydrogen) atoms. The second-order valence-electron chi connectivity index (χ2n) is 6.01. The summed E-state index contributed by atoms with van der Waals surface area (Å²) >= 11 is 0. The summed E-state index contributed by atoms with van der Waals surface area (Å²) in [5.74, 6) is -1.81. The molecule has 0 saturated carbocycles. The minimum atomic E-state index is -0.577. The molecule has 0 aliphatic heterocycles. The fourth-order valence-electron chi connectivity index (χ4n) is 1.90. The first-order chi connectivity index (χ1) is 11.9. The summed E-state index contributed by atoms with van der Waals surface area (Å²) in [6, 6.07) is 0. The Labute approximate surface area is 149 Å². The number of nitrogens with one attached hydrogen (secondary N) is 4. The molecule has 0 bridgehead atoms. The van der Waals surface area contributed by atoms with Crippen LogP contribution >= 0.6 is 0 Å². The van der Waals surface area contributed by atoms with Gasteiger partial charge in [0.1, 0.15) is 0 Å². The molecular weight excluding hydrogens is 324 g/mol. The zero-order valence-electron chi connectivity index (χ0n) is 15.6. The first-order valence-electron chi connectivity index (χ1n) is 8.98. The average molecular weight is 356 g/mol. The molecule has 144 valence electrons. The molecule has 0 radical (unpaired) electrons. The first-order valence-corrected chi connectivity index (χ1v) is 8.98. The highest BCUT2D eigenvalue weighted by molar-refractivity contribution is 5.90. The second kappa shape index (κ2) is 14.2. The molecule has 8 heteroatoms. The molecule has 1 unspecified atom stereocenters. The van der Waals surface area contributed by atoms with Crippen molar-refractivity contribution in [2.45, 2.75) is 52.9 Å². The van der Waals surface area contributed by atoms with Crippen LogP contribution in [0, 0.1) is 5.92 Å². The van der Waals surface area contributed by atoms with E-state index >= 15 is 0 Å². The normalized spacial score (nSPS) is 11.3. The molecule has 0 aromatic heterocycles. The molecule has 8 nitrogen and oxygen atoms in total. The summed E-state index contributed by atoms with van der Waals surface area (Å²) in [5.41, 5.74) is 0. The van der Waals surface area contributed by atoms with E-state index in [4.69, 9.17) is 0 Å². The highest BCUT2D eigenvalue weighted by Gasteiger charge is 2.18. The van der Waals surface area contributed by atoms with Gasteiger partial charge in [0.15, 0.2) is 0 Å². The van der Waals surface area contributed by atoms with Crippen molar-refractivity contribution in [3.8, 4) is 0 Å². The molecule has 0 aliphatic rings. The van der Waals surface area contributed by atoms with Gasteiger partial charge in [0.05, 0.1) is 13.1 Å². The molecule has 0 heterocycles. The van der Waals surface area contributed by atoms with E-state index in [0.29, 0.717) is 13.1 Å². The molecule has 0 saturated heterocycles. The van der Waals surface area contributed by atoms with Crippen molar-refractivity contribution < 1.29 is 19.2 Å². The van der Waals surface area contributed by atoms with Gasteiger partial charge in [0, 0.05) is 25.4 Å². The number of amides is 4. The Morgan fingerprint density at radius 1 is 0.720 bits per heavy atom. The van der Waals surface area contributed by atoms with Crippen molar-refractivity contribution in [1.29, 1.82) is 0 Å². The number of carbonyl (C=O) groups is 4. The first kappa shape index (κ1) is 22.9. The Morgan fingerprint density at radius 3 is 1.68 bits per heavy atom. The van der Waals surface area contributed by atoms with Crippen molar-refractivity contribution in [1.82, 2.24) is 21.3 Å². The summed E-state index contributed by atoms with van der Waals surface area (Å²) < 4.78 is 0. The Balaban J connectivity index is 3.92. The van der Waals surface area contributed by atoms with Crippen LogP contribution in [0.2, 0.25) is 0 Å². The van der Waals surface area contributed by atoms with Crippen molar-refractivity contribution >= 4 is 23.6 Å². The van der Waals surface area contributed by atoms with E-state index in [-0.39, 0.29) is 43.1 Å². The lowest BCUT2D eigenvalue weighted by atomic mass is 10.1. The zero-order valence-corrected chi connectivity index (χ0v) is 15.6. The van der Waals surface area contributed by atoms with E-state index in [9.17, 15) is 19.2 Å². The van der Waals surface area contributed by atoms with Crippen LogP contribution in [-0.2, 0) is 19.2 Å². The van der Waals surface area contributed by atoms with Crippen LogP contribution in [0.25, 0.3) is 0 Å². The third-order valence-corrected chi connectivity index (χ3v) is 3.51. The van der Waals surface area contributed by atoms with Gasteiger partial charge < -0.3 is 21.3 Å². The van der Waals surface area contributed by atoms with Crippen LogP contribution in [-0.4, -0.2) is 49.8 Å². The van der Waals surface area contributed by atoms with Crippen molar-refractivity contribution in [2.24, 2.45) is 5.92 Å². The van der Waals surface area contributed by atoms with E-state index < -0.39 is 5.92 Å². The van der Waals surface area contributed by atoms with Gasteiger partial charge in [-0.15, -0.1) is 0 Å². The number of unbranched alkanes of at least 4 members (excludes halogenated alkanes) is 2. The molecule has 0 spiro atoms. The van der Waals surface area contributed by atoms with E-state index in [1.54, 1.807) is 6.92 Å². The Hall–Kier alpha value is -2.12. The molecule has 0 aromatic rings. The van der Waals surface area contributed by atoms with Crippen molar-refractivity contribution in [3.63, 3.8) is 0 Å². The number of carbonyl (C=O) groups excluding carboxylic acids is 4. The number of hydrogen-bond acceptors (Lipinski definition) is 4. The molecule has 4 amide bonds. The molecular formula is C17H32N4O4. The second-order valence-corrected chi connectivity index (χ2v) is 6.01. The average Bonchev–Trinajstić information content (AvgIpc) is 2.58. The molecule has 4 N–H and O–H groups in total. The quantitative estimate of drug-likeness (QED) is 0.350. The molecule has 0 fully saturated rings. The highest BCUT2D eigenvalue weighted by atomic mass is 16.2. The smallest absolute Gasteiger partial charge is 0.239 e. The SMILES string of the molecule is CCCCNC(=O)CNC(=O)CC(C)C(=O)NCC(=O)NCCCC. The van der Waals surface area contributed by atoms with Gasteiger partial charge in [-0.3, -0.25) is 19.2 Å². The Bertz CT molecular complexity index is 440. The summed E-state index contributed by atoms with van der Waals surface area (Å²) in [7, 11) is 0. The van der Waals surface area contributed by atoms with Gasteiger partial charge in [-0.25, -0.2) is 0 Å². The highest BCUT2D eigenvalue weighted by Crippen LogP contribution is 2.01. The molecule has 0 aliphatic carbocycles. The molecule has 0 aromatic carbocycles. The fraction of sp³-hybridized carbons (Fsp3) is 0.765. The van der Waals surface area contributed by atoms with E-state index in [1.165, 1.54) is 0 Å². The summed E-state index contributed by atoms with van der Waals surface area (Å²) in [6.07, 6.45) is 3.71. The largest absolute Gasteiger partial charge is 0.355 e. The van der Waals surface area contributed by atoms with Crippen LogP contribution in [0.3, 0.4) is 0 Å². The van der Waals surface area contributed by atoms with Crippen LogP contribution < -0.4 is 21.3 Å². The Kier molecular flexibility index (Phi) is 13.0. The van der Waals surface area contributed by atoms with Gasteiger partial charge in [0.2, 0.25) is 23.6 Å². The van der Waals surface area contributed by atoms with Crippen LogP contribution in [0.1, 0.15) is 52.9 Å². The lowest BCUT2D eigenvalue weighted by Crippen LogP contribution is -2.41. The van der Waals surface area contributed by atoms with Gasteiger partial charge >= 0.3 is 0 Å². The number of hydrogen-bond donors (Lipinski definition) is 4. The maximum atomic E-state index is 11.9. The van der Waals surface area contributed by atoms with Gasteiger partial charge in [-0.05, 0) is 12.8 Å². The summed E-state index contributed by atoms with van der Waals surface area (Å²) in [6.45, 7) is 6.62. The maximum Gasteiger partial charge on any atom is 0.239 e. The summed E-state index contributed by atoms with van der Waals surface area (Å²) in [5, 5.41) is 10.4. The van der Waals surface area contributed by atoms with E-state index in [0.717, 1.165) is 25.7 Å². The third kappa shape index (κ3) is 12.9. The molecule has 1 atom stereocenters. The van der Waals surface area contributed by atoms with E-state index in [1.807, 2.05) is 13.8 Å². The minimum absolute atomic E-state index is 0.0362. The van der Waals surface area contributed by atoms with Gasteiger partial charge in [-0.1, -0.05) is 33.6 Å². The van der Waals surface area contributed by atoms with Crippen LogP contribution in [0.4, 0.5) is 0 Å². The van der Waals surface area contributed by atoms with Crippen LogP contribution in [0.5, 0.6) is 0 Å². The lowest BCUT2D eigenvalue weighted by Gasteiger charge is -2.12. The van der Waals surface area contributed by atoms with Gasteiger partial charge in [0.25, 0.3) is 0 Å². The fourth-order valence-corrected chi connectivity index (χ4v) is 1.90. The maximum absolute atomic E-state index is 11.9. The van der Waals surface area contributed by atoms with Crippen molar-refractivity contribution in [3.05, 3.63) is 0 Å². The number of rotatable bonds is 13. The van der Waals surface area contributed by atoms with Crippen molar-refractivity contribution in [2.75, 3.05) is 26.2 Å². The Morgan fingerprint density at radius 2 is 1.20 bits per heavy atom. The monoisotopic (exact) mass is 356 g/mol. The minimum Gasteiger partial charge on any atom is -0.355 e. The predicted octanol–water partition coefficient (Wildman–Crippen LogP) is 0.0776. The van der Waals surface area contributed by atoms with E-state index in [2.05, 4.69) is 21.3 Å². The topological polar surface area (TPSA) is 116 Å². The summed E-state index contributed by atoms with van der Waals surface area (Å²) in [4.78, 5) is 46.6. The zero-order chi connectivity index (χ0) is 19.1. The standard InChI is InChI=1S/C17H32N4O4/c1-4-6-8-18-15(23)11-20-14(22)10-13(3)17(25)21-12-16(24)19-9-7-5-2/h13H,4-12H2,1-3H3,(H,18,23)(H,19,24)(H,20,22)(H,21,25). The third-order valence-electron chi connectivity index (χ3n) is 3.51. The lowest BCUT2D eigenvalue weighted by molar-refractivity contribution is -0.131.